The van der Waals surface area contributed by atoms with Crippen LogP contribution in [0.25, 0.3) is 0 Å². The molecule has 0 bridgehead atoms. The van der Waals surface area contributed by atoms with Crippen LogP contribution in [0, 0.1) is 5.41 Å². The molecule has 16 heavy (non-hydrogen) atoms. The van der Waals surface area contributed by atoms with E-state index in [4.69, 9.17) is 5.11 Å². The van der Waals surface area contributed by atoms with E-state index in [9.17, 15) is 9.59 Å². The number of likely N-dealkylation sites (N-methyl/N-ethyl adjacent to an activating group) is 1. The molecular weight excluding hydrogens is 208 g/mol. The van der Waals surface area contributed by atoms with Gasteiger partial charge in [-0.15, -0.1) is 0 Å². The zero-order valence-electron chi connectivity index (χ0n) is 10.7. The van der Waals surface area contributed by atoms with Gasteiger partial charge in [0.05, 0.1) is 13.0 Å². The molecule has 94 valence electrons. The fourth-order valence-corrected chi connectivity index (χ4v) is 1.28. The van der Waals surface area contributed by atoms with Gasteiger partial charge in [0, 0.05) is 6.04 Å². The number of nitrogens with one attached hydrogen (secondary N) is 1. The zero-order chi connectivity index (χ0) is 12.9. The average molecular weight is 230 g/mol. The van der Waals surface area contributed by atoms with Crippen molar-refractivity contribution in [2.75, 3.05) is 20.6 Å². The first kappa shape index (κ1) is 14.9. The molecule has 1 atom stereocenters. The molecule has 0 aliphatic carbocycles. The Hall–Kier alpha value is -1.10. The fraction of sp³-hybridized carbons (Fsp3) is 0.818. The van der Waals surface area contributed by atoms with Crippen LogP contribution in [-0.2, 0) is 9.59 Å². The minimum atomic E-state index is -0.898. The van der Waals surface area contributed by atoms with E-state index in [0.717, 1.165) is 0 Å². The predicted molar refractivity (Wildman–Crippen MR) is 62.2 cm³/mol. The van der Waals surface area contributed by atoms with Crippen LogP contribution >= 0.6 is 0 Å². The summed E-state index contributed by atoms with van der Waals surface area (Å²) in [6.07, 6.45) is -0.0529. The Morgan fingerprint density at radius 2 is 1.81 bits per heavy atom. The zero-order valence-corrected chi connectivity index (χ0v) is 10.7. The summed E-state index contributed by atoms with van der Waals surface area (Å²) in [5.41, 5.74) is -0.264. The van der Waals surface area contributed by atoms with Gasteiger partial charge in [0.25, 0.3) is 0 Å². The quantitative estimate of drug-likeness (QED) is 0.724. The summed E-state index contributed by atoms with van der Waals surface area (Å²) in [4.78, 5) is 24.0. The molecule has 0 fully saturated rings. The van der Waals surface area contributed by atoms with Crippen LogP contribution in [-0.4, -0.2) is 48.6 Å². The molecule has 0 saturated carbocycles. The van der Waals surface area contributed by atoms with E-state index < -0.39 is 5.97 Å². The van der Waals surface area contributed by atoms with E-state index in [1.807, 2.05) is 20.8 Å². The number of amides is 1. The summed E-state index contributed by atoms with van der Waals surface area (Å²) >= 11 is 0. The molecule has 0 aliphatic heterocycles. The van der Waals surface area contributed by atoms with Gasteiger partial charge in [-0.25, -0.2) is 0 Å². The third-order valence-electron chi connectivity index (χ3n) is 2.22. The van der Waals surface area contributed by atoms with Crippen molar-refractivity contribution in [3.63, 3.8) is 0 Å². The minimum absolute atomic E-state index is 0.0529. The molecule has 0 heterocycles. The highest BCUT2D eigenvalue weighted by Gasteiger charge is 2.28. The number of aliphatic carboxylic acids is 1. The maximum absolute atomic E-state index is 11.5. The van der Waals surface area contributed by atoms with Crippen molar-refractivity contribution >= 4 is 11.9 Å². The second-order valence-electron chi connectivity index (χ2n) is 5.32. The summed E-state index contributed by atoms with van der Waals surface area (Å²) in [5.74, 6) is -1.05. The number of carbonyl (C=O) groups is 2. The second-order valence-corrected chi connectivity index (χ2v) is 5.32. The number of hydrogen-bond donors (Lipinski definition) is 2. The van der Waals surface area contributed by atoms with E-state index in [1.54, 1.807) is 19.0 Å². The Kier molecular flexibility index (Phi) is 5.44. The van der Waals surface area contributed by atoms with Crippen molar-refractivity contribution in [1.29, 1.82) is 0 Å². The van der Waals surface area contributed by atoms with Crippen molar-refractivity contribution in [2.45, 2.75) is 33.2 Å². The Balaban J connectivity index is 4.44. The van der Waals surface area contributed by atoms with Crippen LogP contribution in [0.2, 0.25) is 0 Å². The predicted octanol–water partition coefficient (Wildman–Crippen LogP) is 0.554. The third kappa shape index (κ3) is 6.40. The number of carboxylic acids is 1. The molecule has 0 saturated heterocycles. The number of nitrogens with zero attached hydrogens (tertiary/aromatic N) is 1. The van der Waals surface area contributed by atoms with Crippen LogP contribution in [0.1, 0.15) is 27.2 Å². The Bertz CT molecular complexity index is 256. The second kappa shape index (κ2) is 5.84. The Morgan fingerprint density at radius 3 is 2.12 bits per heavy atom. The van der Waals surface area contributed by atoms with Crippen LogP contribution < -0.4 is 5.32 Å². The van der Waals surface area contributed by atoms with E-state index in [1.165, 1.54) is 0 Å². The third-order valence-corrected chi connectivity index (χ3v) is 2.22. The van der Waals surface area contributed by atoms with Gasteiger partial charge in [0.15, 0.2) is 0 Å². The molecule has 5 nitrogen and oxygen atoms in total. The molecule has 0 aromatic heterocycles. The topological polar surface area (TPSA) is 69.6 Å². The highest BCUT2D eigenvalue weighted by Crippen LogP contribution is 2.21. The lowest BCUT2D eigenvalue weighted by Gasteiger charge is -2.30. The van der Waals surface area contributed by atoms with E-state index in [0.29, 0.717) is 0 Å². The molecule has 0 aromatic carbocycles. The SMILES string of the molecule is CN(C)CC(=O)NC(CC(=O)O)C(C)(C)C. The summed E-state index contributed by atoms with van der Waals surface area (Å²) in [5, 5.41) is 11.5. The Labute approximate surface area is 96.8 Å². The number of rotatable bonds is 5. The molecule has 2 N–H and O–H groups in total. The molecule has 0 aliphatic rings. The molecule has 5 heteroatoms. The maximum Gasteiger partial charge on any atom is 0.305 e. The van der Waals surface area contributed by atoms with Crippen molar-refractivity contribution < 1.29 is 14.7 Å². The van der Waals surface area contributed by atoms with Crippen LogP contribution in [0.15, 0.2) is 0 Å². The van der Waals surface area contributed by atoms with Gasteiger partial charge in [0.1, 0.15) is 0 Å². The van der Waals surface area contributed by atoms with Crippen LogP contribution in [0.3, 0.4) is 0 Å². The molecule has 1 amide bonds. The van der Waals surface area contributed by atoms with Crippen molar-refractivity contribution in [3.05, 3.63) is 0 Å². The standard InChI is InChI=1S/C11H22N2O3/c1-11(2,3)8(6-10(15)16)12-9(14)7-13(4)5/h8H,6-7H2,1-5H3,(H,12,14)(H,15,16). The van der Waals surface area contributed by atoms with Crippen LogP contribution in [0.4, 0.5) is 0 Å². The first-order chi connectivity index (χ1) is 7.12. The van der Waals surface area contributed by atoms with Crippen molar-refractivity contribution in [2.24, 2.45) is 5.41 Å². The maximum atomic E-state index is 11.5. The summed E-state index contributed by atoms with van der Waals surface area (Å²) < 4.78 is 0. The van der Waals surface area contributed by atoms with E-state index >= 15 is 0 Å². The number of hydrogen-bond acceptors (Lipinski definition) is 3. The summed E-state index contributed by atoms with van der Waals surface area (Å²) in [6, 6.07) is -0.350. The van der Waals surface area contributed by atoms with Crippen molar-refractivity contribution in [3.8, 4) is 0 Å². The molecular formula is C11H22N2O3. The van der Waals surface area contributed by atoms with Gasteiger partial charge in [-0.3, -0.25) is 9.59 Å². The molecule has 0 radical (unpaired) electrons. The van der Waals surface area contributed by atoms with Gasteiger partial charge >= 0.3 is 5.97 Å². The average Bonchev–Trinajstić information content (AvgIpc) is 1.98. The molecule has 0 rings (SSSR count). The van der Waals surface area contributed by atoms with Crippen LogP contribution in [0.5, 0.6) is 0 Å². The van der Waals surface area contributed by atoms with Gasteiger partial charge in [-0.1, -0.05) is 20.8 Å². The van der Waals surface area contributed by atoms with E-state index in [2.05, 4.69) is 5.32 Å². The lowest BCUT2D eigenvalue weighted by molar-refractivity contribution is -0.138. The number of carbonyl (C=O) groups excluding carboxylic acids is 1. The van der Waals surface area contributed by atoms with Crippen molar-refractivity contribution in [1.82, 2.24) is 10.2 Å². The van der Waals surface area contributed by atoms with Gasteiger partial charge in [0.2, 0.25) is 5.91 Å². The smallest absolute Gasteiger partial charge is 0.305 e. The highest BCUT2D eigenvalue weighted by molar-refractivity contribution is 5.79. The largest absolute Gasteiger partial charge is 0.481 e. The first-order valence-electron chi connectivity index (χ1n) is 5.29. The summed E-state index contributed by atoms with van der Waals surface area (Å²) in [6.45, 7) is 6.01. The summed E-state index contributed by atoms with van der Waals surface area (Å²) in [7, 11) is 3.59. The monoisotopic (exact) mass is 230 g/mol. The molecule has 0 spiro atoms. The first-order valence-corrected chi connectivity index (χ1v) is 5.29. The van der Waals surface area contributed by atoms with Gasteiger partial charge < -0.3 is 15.3 Å². The molecule has 0 aromatic rings. The highest BCUT2D eigenvalue weighted by atomic mass is 16.4. The normalized spacial score (nSPS) is 13.6. The van der Waals surface area contributed by atoms with Gasteiger partial charge in [-0.05, 0) is 19.5 Å². The minimum Gasteiger partial charge on any atom is -0.481 e. The molecule has 1 unspecified atom stereocenters. The lowest BCUT2D eigenvalue weighted by atomic mass is 9.84. The number of carboxylic acid groups (broad SMARTS) is 1. The van der Waals surface area contributed by atoms with Gasteiger partial charge in [-0.2, -0.15) is 0 Å². The van der Waals surface area contributed by atoms with E-state index in [-0.39, 0.29) is 30.3 Å². The lowest BCUT2D eigenvalue weighted by Crippen LogP contribution is -2.47. The fourth-order valence-electron chi connectivity index (χ4n) is 1.28. The Morgan fingerprint density at radius 1 is 1.31 bits per heavy atom.